The van der Waals surface area contributed by atoms with Gasteiger partial charge in [-0.05, 0) is 54.6 Å². The number of ether oxygens (including phenoxy) is 1. The minimum absolute atomic E-state index is 0.0800. The highest BCUT2D eigenvalue weighted by Crippen LogP contribution is 2.21. The summed E-state index contributed by atoms with van der Waals surface area (Å²) in [6.07, 6.45) is 3.62. The first kappa shape index (κ1) is 17.1. The molecule has 0 saturated carbocycles. The van der Waals surface area contributed by atoms with Crippen molar-refractivity contribution in [1.82, 2.24) is 14.7 Å². The van der Waals surface area contributed by atoms with Crippen LogP contribution in [-0.4, -0.2) is 53.9 Å². The Hall–Kier alpha value is -3.28. The van der Waals surface area contributed by atoms with Gasteiger partial charge in [0.05, 0.1) is 12.8 Å². The Morgan fingerprint density at radius 2 is 1.59 bits per heavy atom. The number of benzene rings is 2. The van der Waals surface area contributed by atoms with Crippen molar-refractivity contribution in [2.45, 2.75) is 0 Å². The Balaban J connectivity index is 1.38. The number of nitrogens with zero attached hydrogens (tertiary/aromatic N) is 4. The van der Waals surface area contributed by atoms with Crippen LogP contribution in [0.25, 0.3) is 5.69 Å². The molecule has 1 amide bonds. The maximum atomic E-state index is 12.8. The average molecular weight is 362 g/mol. The Morgan fingerprint density at radius 1 is 0.926 bits per heavy atom. The van der Waals surface area contributed by atoms with Crippen molar-refractivity contribution in [2.75, 3.05) is 38.2 Å². The zero-order valence-electron chi connectivity index (χ0n) is 15.3. The smallest absolute Gasteiger partial charge is 0.253 e. The molecular weight excluding hydrogens is 340 g/mol. The van der Waals surface area contributed by atoms with E-state index in [1.807, 2.05) is 53.6 Å². The van der Waals surface area contributed by atoms with Gasteiger partial charge in [0, 0.05) is 49.8 Å². The van der Waals surface area contributed by atoms with Gasteiger partial charge in [-0.15, -0.1) is 0 Å². The summed E-state index contributed by atoms with van der Waals surface area (Å²) in [6, 6.07) is 17.5. The number of methoxy groups -OCH3 is 1. The number of carbonyl (C=O) groups is 1. The molecule has 1 aliphatic heterocycles. The zero-order chi connectivity index (χ0) is 18.6. The molecular formula is C21H22N4O2. The second-order valence-corrected chi connectivity index (χ2v) is 6.47. The molecule has 0 atom stereocenters. The van der Waals surface area contributed by atoms with Crippen LogP contribution in [0.2, 0.25) is 0 Å². The van der Waals surface area contributed by atoms with Gasteiger partial charge in [0.15, 0.2) is 0 Å². The SMILES string of the molecule is COc1ccc(N2CCN(C(=O)c3ccc(-n4cccn4)cc3)CC2)cc1. The molecule has 4 rings (SSSR count). The van der Waals surface area contributed by atoms with Crippen LogP contribution in [0.3, 0.4) is 0 Å². The summed E-state index contributed by atoms with van der Waals surface area (Å²) < 4.78 is 6.99. The summed E-state index contributed by atoms with van der Waals surface area (Å²) in [7, 11) is 1.67. The molecule has 1 aromatic heterocycles. The third-order valence-corrected chi connectivity index (χ3v) is 4.89. The van der Waals surface area contributed by atoms with Crippen LogP contribution in [-0.2, 0) is 0 Å². The lowest BCUT2D eigenvalue weighted by Gasteiger charge is -2.36. The van der Waals surface area contributed by atoms with E-state index in [0.29, 0.717) is 18.7 Å². The lowest BCUT2D eigenvalue weighted by molar-refractivity contribution is 0.0747. The van der Waals surface area contributed by atoms with Crippen molar-refractivity contribution < 1.29 is 9.53 Å². The third-order valence-electron chi connectivity index (χ3n) is 4.89. The molecule has 27 heavy (non-hydrogen) atoms. The molecule has 6 nitrogen and oxygen atoms in total. The van der Waals surface area contributed by atoms with E-state index in [2.05, 4.69) is 22.1 Å². The minimum atomic E-state index is 0.0800. The van der Waals surface area contributed by atoms with E-state index in [-0.39, 0.29) is 5.91 Å². The van der Waals surface area contributed by atoms with E-state index in [1.54, 1.807) is 18.0 Å². The van der Waals surface area contributed by atoms with Crippen LogP contribution in [0.15, 0.2) is 67.0 Å². The second-order valence-electron chi connectivity index (χ2n) is 6.47. The number of carbonyl (C=O) groups excluding carboxylic acids is 1. The molecule has 0 radical (unpaired) electrons. The number of aromatic nitrogens is 2. The minimum Gasteiger partial charge on any atom is -0.497 e. The number of piperazine rings is 1. The summed E-state index contributed by atoms with van der Waals surface area (Å²) in [5.74, 6) is 0.933. The summed E-state index contributed by atoms with van der Waals surface area (Å²) in [5.41, 5.74) is 2.82. The second kappa shape index (κ2) is 7.53. The van der Waals surface area contributed by atoms with Gasteiger partial charge in [-0.2, -0.15) is 5.10 Å². The fourth-order valence-corrected chi connectivity index (χ4v) is 3.32. The monoisotopic (exact) mass is 362 g/mol. The number of anilines is 1. The molecule has 138 valence electrons. The lowest BCUT2D eigenvalue weighted by Crippen LogP contribution is -2.48. The van der Waals surface area contributed by atoms with Crippen molar-refractivity contribution in [3.05, 3.63) is 72.6 Å². The fourth-order valence-electron chi connectivity index (χ4n) is 3.32. The van der Waals surface area contributed by atoms with Gasteiger partial charge < -0.3 is 14.5 Å². The van der Waals surface area contributed by atoms with E-state index in [0.717, 1.165) is 30.2 Å². The zero-order valence-corrected chi connectivity index (χ0v) is 15.3. The maximum absolute atomic E-state index is 12.8. The molecule has 0 aliphatic carbocycles. The molecule has 0 spiro atoms. The number of hydrogen-bond acceptors (Lipinski definition) is 4. The van der Waals surface area contributed by atoms with E-state index < -0.39 is 0 Å². The Kier molecular flexibility index (Phi) is 4.78. The summed E-state index contributed by atoms with van der Waals surface area (Å²) in [6.45, 7) is 3.07. The highest BCUT2D eigenvalue weighted by atomic mass is 16.5. The Bertz CT molecular complexity index is 881. The highest BCUT2D eigenvalue weighted by molar-refractivity contribution is 5.94. The predicted octanol–water partition coefficient (Wildman–Crippen LogP) is 2.84. The Morgan fingerprint density at radius 3 is 2.19 bits per heavy atom. The number of hydrogen-bond donors (Lipinski definition) is 0. The van der Waals surface area contributed by atoms with Crippen molar-refractivity contribution in [1.29, 1.82) is 0 Å². The molecule has 0 bridgehead atoms. The van der Waals surface area contributed by atoms with E-state index >= 15 is 0 Å². The van der Waals surface area contributed by atoms with Crippen molar-refractivity contribution >= 4 is 11.6 Å². The standard InChI is InChI=1S/C21H22N4O2/c1-27-20-9-7-18(8-10-20)23-13-15-24(16-14-23)21(26)17-3-5-19(6-4-17)25-12-2-11-22-25/h2-12H,13-16H2,1H3. The largest absolute Gasteiger partial charge is 0.497 e. The Labute approximate surface area is 158 Å². The van der Waals surface area contributed by atoms with E-state index in [4.69, 9.17) is 4.74 Å². The van der Waals surface area contributed by atoms with Crippen LogP contribution in [0.1, 0.15) is 10.4 Å². The maximum Gasteiger partial charge on any atom is 0.253 e. The van der Waals surface area contributed by atoms with Gasteiger partial charge in [0.1, 0.15) is 5.75 Å². The fraction of sp³-hybridized carbons (Fsp3) is 0.238. The molecule has 0 N–H and O–H groups in total. The molecule has 1 saturated heterocycles. The van der Waals surface area contributed by atoms with Crippen LogP contribution >= 0.6 is 0 Å². The molecule has 1 aliphatic rings. The third kappa shape index (κ3) is 3.65. The molecule has 3 aromatic rings. The van der Waals surface area contributed by atoms with Crippen LogP contribution in [0, 0.1) is 0 Å². The van der Waals surface area contributed by atoms with Crippen LogP contribution < -0.4 is 9.64 Å². The summed E-state index contributed by atoms with van der Waals surface area (Å²) in [4.78, 5) is 17.0. The molecule has 1 fully saturated rings. The summed E-state index contributed by atoms with van der Waals surface area (Å²) in [5, 5.41) is 4.21. The van der Waals surface area contributed by atoms with Crippen LogP contribution in [0.5, 0.6) is 5.75 Å². The van der Waals surface area contributed by atoms with Gasteiger partial charge >= 0.3 is 0 Å². The topological polar surface area (TPSA) is 50.6 Å². The number of amides is 1. The molecule has 6 heteroatoms. The normalized spacial score (nSPS) is 14.3. The molecule has 2 aromatic carbocycles. The van der Waals surface area contributed by atoms with Crippen molar-refractivity contribution in [3.63, 3.8) is 0 Å². The van der Waals surface area contributed by atoms with Gasteiger partial charge in [-0.3, -0.25) is 4.79 Å². The van der Waals surface area contributed by atoms with Gasteiger partial charge in [0.25, 0.3) is 5.91 Å². The molecule has 2 heterocycles. The van der Waals surface area contributed by atoms with Crippen LogP contribution in [0.4, 0.5) is 5.69 Å². The first-order chi connectivity index (χ1) is 13.2. The van der Waals surface area contributed by atoms with Crippen molar-refractivity contribution in [3.8, 4) is 11.4 Å². The van der Waals surface area contributed by atoms with E-state index in [1.165, 1.54) is 0 Å². The first-order valence-electron chi connectivity index (χ1n) is 9.03. The van der Waals surface area contributed by atoms with Crippen molar-refractivity contribution in [2.24, 2.45) is 0 Å². The van der Waals surface area contributed by atoms with Gasteiger partial charge in [-0.1, -0.05) is 0 Å². The van der Waals surface area contributed by atoms with E-state index in [9.17, 15) is 4.79 Å². The lowest BCUT2D eigenvalue weighted by atomic mass is 10.1. The van der Waals surface area contributed by atoms with Gasteiger partial charge in [0.2, 0.25) is 0 Å². The average Bonchev–Trinajstić information content (AvgIpc) is 3.28. The van der Waals surface area contributed by atoms with Gasteiger partial charge in [-0.25, -0.2) is 4.68 Å². The first-order valence-corrected chi connectivity index (χ1v) is 9.03. The molecule has 0 unspecified atom stereocenters. The predicted molar refractivity (Wildman–Crippen MR) is 105 cm³/mol. The highest BCUT2D eigenvalue weighted by Gasteiger charge is 2.22. The number of rotatable bonds is 4. The summed E-state index contributed by atoms with van der Waals surface area (Å²) >= 11 is 0. The quantitative estimate of drug-likeness (QED) is 0.716.